The zero-order chi connectivity index (χ0) is 21.0. The fourth-order valence-corrected chi connectivity index (χ4v) is 3.19. The van der Waals surface area contributed by atoms with Crippen molar-refractivity contribution in [3.63, 3.8) is 0 Å². The van der Waals surface area contributed by atoms with Gasteiger partial charge in [-0.1, -0.05) is 17.3 Å². The average molecular weight is 396 g/mol. The summed E-state index contributed by atoms with van der Waals surface area (Å²) in [6, 6.07) is 11.1. The number of esters is 1. The Bertz CT molecular complexity index is 1010. The quantitative estimate of drug-likeness (QED) is 0.426. The maximum Gasteiger partial charge on any atom is 0.306 e. The lowest BCUT2D eigenvalue weighted by Gasteiger charge is -2.07. The van der Waals surface area contributed by atoms with Crippen molar-refractivity contribution in [3.8, 4) is 11.6 Å². The SMILES string of the molecule is COc1ccc(CCC(=O)OCC(=O)c2cc(C)n(-c3cc(C)on3)c2C)cc1. The Hall–Kier alpha value is -3.35. The van der Waals surface area contributed by atoms with Gasteiger partial charge in [-0.2, -0.15) is 0 Å². The van der Waals surface area contributed by atoms with Crippen LogP contribution < -0.4 is 4.74 Å². The molecule has 0 aliphatic carbocycles. The van der Waals surface area contributed by atoms with Gasteiger partial charge in [0.05, 0.1) is 7.11 Å². The van der Waals surface area contributed by atoms with Crippen molar-refractivity contribution in [2.24, 2.45) is 0 Å². The molecule has 0 bridgehead atoms. The average Bonchev–Trinajstić information content (AvgIpc) is 3.26. The van der Waals surface area contributed by atoms with E-state index in [1.807, 2.05) is 49.6 Å². The van der Waals surface area contributed by atoms with Crippen LogP contribution in [0.1, 0.15) is 39.5 Å². The first-order valence-corrected chi connectivity index (χ1v) is 9.33. The Morgan fingerprint density at radius 2 is 1.83 bits per heavy atom. The monoisotopic (exact) mass is 396 g/mol. The second kappa shape index (κ2) is 8.77. The minimum atomic E-state index is -0.407. The molecule has 0 saturated heterocycles. The van der Waals surface area contributed by atoms with Crippen molar-refractivity contribution in [1.29, 1.82) is 0 Å². The Morgan fingerprint density at radius 1 is 1.10 bits per heavy atom. The number of Topliss-reactive ketones (excluding diaryl/α,β-unsaturated/α-hetero) is 1. The molecule has 0 saturated carbocycles. The third-order valence-corrected chi connectivity index (χ3v) is 4.72. The van der Waals surface area contributed by atoms with Crippen molar-refractivity contribution < 1.29 is 23.6 Å². The molecule has 7 nitrogen and oxygen atoms in total. The minimum Gasteiger partial charge on any atom is -0.497 e. The molecule has 152 valence electrons. The molecule has 1 aromatic carbocycles. The van der Waals surface area contributed by atoms with Crippen LogP contribution in [0.25, 0.3) is 5.82 Å². The predicted molar refractivity (Wildman–Crippen MR) is 107 cm³/mol. The molecular formula is C22H24N2O5. The zero-order valence-electron chi connectivity index (χ0n) is 17.0. The molecule has 2 heterocycles. The number of ketones is 1. The second-order valence-electron chi connectivity index (χ2n) is 6.85. The van der Waals surface area contributed by atoms with Gasteiger partial charge in [-0.05, 0) is 51.0 Å². The Labute approximate surface area is 169 Å². The zero-order valence-corrected chi connectivity index (χ0v) is 17.0. The van der Waals surface area contributed by atoms with Crippen molar-refractivity contribution in [1.82, 2.24) is 9.72 Å². The summed E-state index contributed by atoms with van der Waals surface area (Å²) in [5.41, 5.74) is 3.09. The smallest absolute Gasteiger partial charge is 0.306 e. The van der Waals surface area contributed by atoms with Crippen LogP contribution in [-0.2, 0) is 16.0 Å². The highest BCUT2D eigenvalue weighted by atomic mass is 16.5. The first-order valence-electron chi connectivity index (χ1n) is 9.33. The molecule has 0 unspecified atom stereocenters. The van der Waals surface area contributed by atoms with Crippen LogP contribution >= 0.6 is 0 Å². The summed E-state index contributed by atoms with van der Waals surface area (Å²) < 4.78 is 17.3. The molecule has 0 atom stereocenters. The van der Waals surface area contributed by atoms with E-state index < -0.39 is 5.97 Å². The molecule has 0 aliphatic heterocycles. The van der Waals surface area contributed by atoms with Crippen LogP contribution in [0.2, 0.25) is 0 Å². The molecule has 0 amide bonds. The number of ether oxygens (including phenoxy) is 2. The first kappa shape index (κ1) is 20.4. The molecule has 7 heteroatoms. The largest absolute Gasteiger partial charge is 0.497 e. The van der Waals surface area contributed by atoms with Crippen molar-refractivity contribution in [3.05, 3.63) is 64.7 Å². The summed E-state index contributed by atoms with van der Waals surface area (Å²) in [7, 11) is 1.60. The van der Waals surface area contributed by atoms with Gasteiger partial charge >= 0.3 is 5.97 Å². The number of nitrogens with zero attached hydrogens (tertiary/aromatic N) is 2. The van der Waals surface area contributed by atoms with E-state index in [1.54, 1.807) is 19.2 Å². The van der Waals surface area contributed by atoms with Gasteiger partial charge in [-0.25, -0.2) is 0 Å². The van der Waals surface area contributed by atoms with Crippen molar-refractivity contribution in [2.45, 2.75) is 33.6 Å². The third kappa shape index (κ3) is 4.74. The van der Waals surface area contributed by atoms with Gasteiger partial charge in [0, 0.05) is 29.4 Å². The summed E-state index contributed by atoms with van der Waals surface area (Å²) in [4.78, 5) is 24.6. The maximum atomic E-state index is 12.6. The Kier molecular flexibility index (Phi) is 6.16. The number of hydrogen-bond acceptors (Lipinski definition) is 6. The number of aromatic nitrogens is 2. The van der Waals surface area contributed by atoms with Crippen LogP contribution in [0, 0.1) is 20.8 Å². The molecule has 29 heavy (non-hydrogen) atoms. The normalized spacial score (nSPS) is 10.8. The molecular weight excluding hydrogens is 372 g/mol. The predicted octanol–water partition coefficient (Wildman–Crippen LogP) is 3.76. The van der Waals surface area contributed by atoms with Gasteiger partial charge in [-0.15, -0.1) is 0 Å². The standard InChI is InChI=1S/C22H24N2O5/c1-14-11-19(16(3)24(14)21-12-15(2)29-23-21)20(25)13-28-22(26)10-7-17-5-8-18(27-4)9-6-17/h5-6,8-9,11-12H,7,10,13H2,1-4H3. The third-order valence-electron chi connectivity index (χ3n) is 4.72. The first-order chi connectivity index (χ1) is 13.9. The lowest BCUT2D eigenvalue weighted by atomic mass is 10.1. The van der Waals surface area contributed by atoms with E-state index in [2.05, 4.69) is 5.16 Å². The van der Waals surface area contributed by atoms with Crippen LogP contribution in [0.5, 0.6) is 5.75 Å². The van der Waals surface area contributed by atoms with Gasteiger partial charge < -0.3 is 14.0 Å². The van der Waals surface area contributed by atoms with E-state index in [0.29, 0.717) is 23.6 Å². The van der Waals surface area contributed by atoms with E-state index in [0.717, 1.165) is 22.7 Å². The molecule has 3 aromatic rings. The van der Waals surface area contributed by atoms with Gasteiger partial charge in [0.1, 0.15) is 11.5 Å². The highest BCUT2D eigenvalue weighted by Gasteiger charge is 2.19. The lowest BCUT2D eigenvalue weighted by Crippen LogP contribution is -2.15. The second-order valence-corrected chi connectivity index (χ2v) is 6.85. The van der Waals surface area contributed by atoms with Gasteiger partial charge in [-0.3, -0.25) is 14.2 Å². The molecule has 0 spiro atoms. The molecule has 0 aliphatic rings. The summed E-state index contributed by atoms with van der Waals surface area (Å²) in [6.07, 6.45) is 0.744. The Morgan fingerprint density at radius 3 is 2.45 bits per heavy atom. The highest BCUT2D eigenvalue weighted by Crippen LogP contribution is 2.21. The van der Waals surface area contributed by atoms with Gasteiger partial charge in [0.25, 0.3) is 0 Å². The summed E-state index contributed by atoms with van der Waals surface area (Å²) in [5.74, 6) is 1.41. The van der Waals surface area contributed by atoms with Crippen LogP contribution in [0.15, 0.2) is 40.9 Å². The fourth-order valence-electron chi connectivity index (χ4n) is 3.19. The van der Waals surface area contributed by atoms with E-state index in [4.69, 9.17) is 14.0 Å². The topological polar surface area (TPSA) is 83.6 Å². The number of methoxy groups -OCH3 is 1. The summed E-state index contributed by atoms with van der Waals surface area (Å²) in [5, 5.41) is 4.00. The molecule has 3 rings (SSSR count). The van der Waals surface area contributed by atoms with E-state index in [9.17, 15) is 9.59 Å². The molecule has 0 N–H and O–H groups in total. The Balaban J connectivity index is 1.57. The maximum absolute atomic E-state index is 12.6. The van der Waals surface area contributed by atoms with E-state index in [-0.39, 0.29) is 18.8 Å². The summed E-state index contributed by atoms with van der Waals surface area (Å²) >= 11 is 0. The van der Waals surface area contributed by atoms with E-state index >= 15 is 0 Å². The fraction of sp³-hybridized carbons (Fsp3) is 0.318. The number of benzene rings is 1. The number of carbonyl (C=O) groups is 2. The van der Waals surface area contributed by atoms with Gasteiger partial charge in [0.15, 0.2) is 12.4 Å². The van der Waals surface area contributed by atoms with Crippen molar-refractivity contribution >= 4 is 11.8 Å². The van der Waals surface area contributed by atoms with Gasteiger partial charge in [0.2, 0.25) is 5.78 Å². The van der Waals surface area contributed by atoms with E-state index in [1.165, 1.54) is 0 Å². The summed E-state index contributed by atoms with van der Waals surface area (Å²) in [6.45, 7) is 5.23. The van der Waals surface area contributed by atoms with Crippen LogP contribution in [0.4, 0.5) is 0 Å². The van der Waals surface area contributed by atoms with Crippen LogP contribution in [-0.4, -0.2) is 35.2 Å². The molecule has 0 fully saturated rings. The van der Waals surface area contributed by atoms with Crippen molar-refractivity contribution in [2.75, 3.05) is 13.7 Å². The minimum absolute atomic E-state index is 0.205. The number of aryl methyl sites for hydroxylation is 3. The molecule has 2 aromatic heterocycles. The number of rotatable bonds is 8. The number of carbonyl (C=O) groups excluding carboxylic acids is 2. The number of hydrogen-bond donors (Lipinski definition) is 0. The lowest BCUT2D eigenvalue weighted by molar-refractivity contribution is -0.142. The van der Waals surface area contributed by atoms with Crippen LogP contribution in [0.3, 0.4) is 0 Å². The molecule has 0 radical (unpaired) electrons. The highest BCUT2D eigenvalue weighted by molar-refractivity contribution is 5.99.